The molecule has 2 heterocycles. The molecule has 0 spiro atoms. The summed E-state index contributed by atoms with van der Waals surface area (Å²) >= 11 is 5.72. The zero-order valence-corrected chi connectivity index (χ0v) is 7.44. The Labute approximate surface area is 75.4 Å². The smallest absolute Gasteiger partial charge is 0.224 e. The summed E-state index contributed by atoms with van der Waals surface area (Å²) in [5.74, 6) is 0.829. The highest BCUT2D eigenvalue weighted by molar-refractivity contribution is 6.28. The third kappa shape index (κ3) is 1.13. The second kappa shape index (κ2) is 2.88. The Kier molecular flexibility index (Phi) is 1.86. The van der Waals surface area contributed by atoms with Crippen LogP contribution in [0.15, 0.2) is 0 Å². The van der Waals surface area contributed by atoms with Crippen LogP contribution < -0.4 is 10.6 Å². The van der Waals surface area contributed by atoms with E-state index >= 15 is 0 Å². The molecule has 0 atom stereocenters. The van der Waals surface area contributed by atoms with Crippen LogP contribution in [-0.4, -0.2) is 17.0 Å². The average molecular weight is 185 g/mol. The fourth-order valence-corrected chi connectivity index (χ4v) is 1.53. The van der Waals surface area contributed by atoms with Gasteiger partial charge in [-0.2, -0.15) is 0 Å². The van der Waals surface area contributed by atoms with E-state index in [4.69, 9.17) is 11.6 Å². The van der Waals surface area contributed by atoms with Gasteiger partial charge >= 0.3 is 0 Å². The van der Waals surface area contributed by atoms with Crippen molar-refractivity contribution in [1.29, 1.82) is 0 Å². The van der Waals surface area contributed by atoms with Gasteiger partial charge in [-0.3, -0.25) is 0 Å². The first-order valence-corrected chi connectivity index (χ1v) is 4.13. The minimum Gasteiger partial charge on any atom is -0.373 e. The number of nitrogens with one attached hydrogen (secondary N) is 2. The van der Waals surface area contributed by atoms with Gasteiger partial charge < -0.3 is 10.6 Å². The SMILES string of the molecule is CNc1nc(Cl)nc2c1CNC2. The Hall–Kier alpha value is -0.870. The lowest BCUT2D eigenvalue weighted by atomic mass is 10.2. The largest absolute Gasteiger partial charge is 0.373 e. The van der Waals surface area contributed by atoms with Gasteiger partial charge in [0, 0.05) is 25.7 Å². The molecule has 0 aliphatic carbocycles. The average Bonchev–Trinajstić information content (AvgIpc) is 2.50. The number of rotatable bonds is 1. The monoisotopic (exact) mass is 184 g/mol. The molecule has 0 saturated carbocycles. The van der Waals surface area contributed by atoms with Crippen molar-refractivity contribution in [2.75, 3.05) is 12.4 Å². The van der Waals surface area contributed by atoms with Gasteiger partial charge in [0.2, 0.25) is 5.28 Å². The third-order valence-corrected chi connectivity index (χ3v) is 2.07. The topological polar surface area (TPSA) is 49.8 Å². The molecule has 1 aliphatic heterocycles. The summed E-state index contributed by atoms with van der Waals surface area (Å²) in [6.07, 6.45) is 0. The van der Waals surface area contributed by atoms with Crippen molar-refractivity contribution < 1.29 is 0 Å². The Morgan fingerprint density at radius 1 is 1.42 bits per heavy atom. The van der Waals surface area contributed by atoms with Gasteiger partial charge in [-0.05, 0) is 11.6 Å². The molecule has 1 aromatic heterocycles. The molecule has 0 bridgehead atoms. The maximum atomic E-state index is 5.72. The molecule has 1 aliphatic rings. The Bertz CT molecular complexity index is 313. The van der Waals surface area contributed by atoms with Gasteiger partial charge in [0.25, 0.3) is 0 Å². The molecule has 1 aromatic rings. The number of fused-ring (bicyclic) bond motifs is 1. The zero-order valence-electron chi connectivity index (χ0n) is 6.69. The van der Waals surface area contributed by atoms with Crippen molar-refractivity contribution in [3.63, 3.8) is 0 Å². The molecule has 12 heavy (non-hydrogen) atoms. The fraction of sp³-hybridized carbons (Fsp3) is 0.429. The molecule has 2 N–H and O–H groups in total. The normalized spacial score (nSPS) is 14.5. The second-order valence-electron chi connectivity index (χ2n) is 2.62. The third-order valence-electron chi connectivity index (χ3n) is 1.90. The molecule has 64 valence electrons. The van der Waals surface area contributed by atoms with Crippen LogP contribution in [0.5, 0.6) is 0 Å². The van der Waals surface area contributed by atoms with Crippen molar-refractivity contribution in [3.8, 4) is 0 Å². The fourth-order valence-electron chi connectivity index (χ4n) is 1.34. The maximum absolute atomic E-state index is 5.72. The molecular weight excluding hydrogens is 176 g/mol. The highest BCUT2D eigenvalue weighted by atomic mass is 35.5. The standard InChI is InChI=1S/C7H9ClN4/c1-9-6-4-2-10-3-5(4)11-7(8)12-6/h10H,2-3H2,1H3,(H,9,11,12). The lowest BCUT2D eigenvalue weighted by Gasteiger charge is -2.04. The predicted octanol–water partition coefficient (Wildman–Crippen LogP) is 0.775. The summed E-state index contributed by atoms with van der Waals surface area (Å²) in [5.41, 5.74) is 2.13. The van der Waals surface area contributed by atoms with E-state index in [1.54, 1.807) is 0 Å². The van der Waals surface area contributed by atoms with Crippen molar-refractivity contribution >= 4 is 17.4 Å². The Morgan fingerprint density at radius 2 is 2.25 bits per heavy atom. The van der Waals surface area contributed by atoms with E-state index in [-0.39, 0.29) is 0 Å². The highest BCUT2D eigenvalue weighted by Gasteiger charge is 2.17. The van der Waals surface area contributed by atoms with Crippen molar-refractivity contribution in [2.45, 2.75) is 13.1 Å². The number of hydrogen-bond donors (Lipinski definition) is 2. The minimum atomic E-state index is 0.307. The van der Waals surface area contributed by atoms with E-state index < -0.39 is 0 Å². The van der Waals surface area contributed by atoms with Gasteiger partial charge in [-0.15, -0.1) is 0 Å². The van der Waals surface area contributed by atoms with Crippen LogP contribution in [0.1, 0.15) is 11.3 Å². The van der Waals surface area contributed by atoms with Crippen LogP contribution in [0.2, 0.25) is 5.28 Å². The van der Waals surface area contributed by atoms with Gasteiger partial charge in [-0.1, -0.05) is 0 Å². The molecule has 5 heteroatoms. The molecule has 4 nitrogen and oxygen atoms in total. The lowest BCUT2D eigenvalue weighted by Crippen LogP contribution is -2.02. The van der Waals surface area contributed by atoms with Crippen molar-refractivity contribution in [3.05, 3.63) is 16.5 Å². The molecule has 0 fully saturated rings. The van der Waals surface area contributed by atoms with Gasteiger partial charge in [0.15, 0.2) is 0 Å². The van der Waals surface area contributed by atoms with Crippen molar-refractivity contribution in [2.24, 2.45) is 0 Å². The van der Waals surface area contributed by atoms with E-state index in [1.165, 1.54) is 0 Å². The summed E-state index contributed by atoms with van der Waals surface area (Å²) in [4.78, 5) is 8.18. The molecular formula is C7H9ClN4. The number of anilines is 1. The molecule has 0 amide bonds. The molecule has 0 saturated heterocycles. The molecule has 0 aromatic carbocycles. The van der Waals surface area contributed by atoms with Crippen molar-refractivity contribution in [1.82, 2.24) is 15.3 Å². The Morgan fingerprint density at radius 3 is 3.00 bits per heavy atom. The van der Waals surface area contributed by atoms with Crippen LogP contribution in [0.4, 0.5) is 5.82 Å². The first-order chi connectivity index (χ1) is 5.81. The Balaban J connectivity index is 2.55. The van der Waals surface area contributed by atoms with E-state index in [0.29, 0.717) is 5.28 Å². The second-order valence-corrected chi connectivity index (χ2v) is 2.96. The molecule has 2 rings (SSSR count). The lowest BCUT2D eigenvalue weighted by molar-refractivity contribution is 0.758. The van der Waals surface area contributed by atoms with E-state index in [0.717, 1.165) is 30.2 Å². The van der Waals surface area contributed by atoms with E-state index in [1.807, 2.05) is 7.05 Å². The summed E-state index contributed by atoms with van der Waals surface area (Å²) < 4.78 is 0. The van der Waals surface area contributed by atoms with E-state index in [2.05, 4.69) is 20.6 Å². The van der Waals surface area contributed by atoms with E-state index in [9.17, 15) is 0 Å². The number of aromatic nitrogens is 2. The highest BCUT2D eigenvalue weighted by Crippen LogP contribution is 2.21. The number of halogens is 1. The summed E-state index contributed by atoms with van der Waals surface area (Å²) in [7, 11) is 1.83. The molecule has 0 unspecified atom stereocenters. The summed E-state index contributed by atoms with van der Waals surface area (Å²) in [5, 5.41) is 6.49. The van der Waals surface area contributed by atoms with Gasteiger partial charge in [-0.25, -0.2) is 9.97 Å². The van der Waals surface area contributed by atoms with Gasteiger partial charge in [0.05, 0.1) is 5.69 Å². The minimum absolute atomic E-state index is 0.307. The van der Waals surface area contributed by atoms with Crippen LogP contribution in [0.3, 0.4) is 0 Å². The first kappa shape index (κ1) is 7.76. The van der Waals surface area contributed by atoms with Crippen LogP contribution in [0.25, 0.3) is 0 Å². The molecule has 0 radical (unpaired) electrons. The predicted molar refractivity (Wildman–Crippen MR) is 47.1 cm³/mol. The quantitative estimate of drug-likeness (QED) is 0.634. The zero-order chi connectivity index (χ0) is 8.55. The van der Waals surface area contributed by atoms with Crippen LogP contribution >= 0.6 is 11.6 Å². The van der Waals surface area contributed by atoms with Gasteiger partial charge in [0.1, 0.15) is 5.82 Å². The summed E-state index contributed by atoms with van der Waals surface area (Å²) in [6.45, 7) is 1.61. The van der Waals surface area contributed by atoms with Crippen LogP contribution in [-0.2, 0) is 13.1 Å². The number of hydrogen-bond acceptors (Lipinski definition) is 4. The summed E-state index contributed by atoms with van der Waals surface area (Å²) in [6, 6.07) is 0. The maximum Gasteiger partial charge on any atom is 0.224 e. The first-order valence-electron chi connectivity index (χ1n) is 3.75. The number of nitrogens with zero attached hydrogens (tertiary/aromatic N) is 2. The van der Waals surface area contributed by atoms with Crippen LogP contribution in [0, 0.1) is 0 Å².